The summed E-state index contributed by atoms with van der Waals surface area (Å²) in [5.41, 5.74) is 4.20. The number of anilines is 1. The van der Waals surface area contributed by atoms with Gasteiger partial charge in [-0.05, 0) is 56.3 Å². The SMILES string of the molecule is COc1ccc(-n2c(C)cc(C(=O)Nc3cccc(OC)c3)c2C)cc1. The molecule has 0 radical (unpaired) electrons. The highest BCUT2D eigenvalue weighted by Gasteiger charge is 2.17. The van der Waals surface area contributed by atoms with Gasteiger partial charge in [0.2, 0.25) is 0 Å². The first kappa shape index (κ1) is 17.6. The summed E-state index contributed by atoms with van der Waals surface area (Å²) < 4.78 is 12.5. The molecule has 3 aromatic rings. The van der Waals surface area contributed by atoms with Crippen molar-refractivity contribution in [1.82, 2.24) is 4.57 Å². The first-order valence-corrected chi connectivity index (χ1v) is 8.32. The number of hydrogen-bond acceptors (Lipinski definition) is 3. The fourth-order valence-electron chi connectivity index (χ4n) is 3.02. The van der Waals surface area contributed by atoms with Crippen LogP contribution in [0.3, 0.4) is 0 Å². The molecule has 134 valence electrons. The zero-order valence-electron chi connectivity index (χ0n) is 15.4. The zero-order valence-corrected chi connectivity index (χ0v) is 15.4. The van der Waals surface area contributed by atoms with Crippen molar-refractivity contribution in [2.24, 2.45) is 0 Å². The quantitative estimate of drug-likeness (QED) is 0.744. The lowest BCUT2D eigenvalue weighted by Crippen LogP contribution is -2.13. The second-order valence-corrected chi connectivity index (χ2v) is 6.00. The molecule has 0 spiro atoms. The Balaban J connectivity index is 1.89. The van der Waals surface area contributed by atoms with Gasteiger partial charge in [-0.25, -0.2) is 0 Å². The van der Waals surface area contributed by atoms with Crippen molar-refractivity contribution < 1.29 is 14.3 Å². The average molecular weight is 350 g/mol. The molecule has 0 saturated carbocycles. The summed E-state index contributed by atoms with van der Waals surface area (Å²) in [4.78, 5) is 12.7. The Morgan fingerprint density at radius 3 is 2.27 bits per heavy atom. The summed E-state index contributed by atoms with van der Waals surface area (Å²) in [5, 5.41) is 2.93. The van der Waals surface area contributed by atoms with Crippen LogP contribution < -0.4 is 14.8 Å². The number of carbonyl (C=O) groups is 1. The van der Waals surface area contributed by atoms with Crippen LogP contribution in [-0.4, -0.2) is 24.7 Å². The summed E-state index contributed by atoms with van der Waals surface area (Å²) in [6.45, 7) is 3.93. The van der Waals surface area contributed by atoms with E-state index in [-0.39, 0.29) is 5.91 Å². The lowest BCUT2D eigenvalue weighted by molar-refractivity contribution is 0.102. The zero-order chi connectivity index (χ0) is 18.7. The highest BCUT2D eigenvalue weighted by atomic mass is 16.5. The third-order valence-electron chi connectivity index (χ3n) is 4.33. The number of hydrogen-bond donors (Lipinski definition) is 1. The molecule has 1 heterocycles. The normalized spacial score (nSPS) is 10.5. The van der Waals surface area contributed by atoms with Crippen molar-refractivity contribution >= 4 is 11.6 Å². The van der Waals surface area contributed by atoms with Crippen LogP contribution in [0.15, 0.2) is 54.6 Å². The van der Waals surface area contributed by atoms with Gasteiger partial charge in [-0.3, -0.25) is 4.79 Å². The summed E-state index contributed by atoms with van der Waals surface area (Å²) in [5.74, 6) is 1.35. The largest absolute Gasteiger partial charge is 0.497 e. The number of carbonyl (C=O) groups excluding carboxylic acids is 1. The third-order valence-corrected chi connectivity index (χ3v) is 4.33. The molecule has 1 amide bonds. The molecule has 26 heavy (non-hydrogen) atoms. The average Bonchev–Trinajstić information content (AvgIpc) is 2.96. The molecule has 0 aliphatic carbocycles. The molecule has 0 unspecified atom stereocenters. The van der Waals surface area contributed by atoms with Crippen LogP contribution in [0.2, 0.25) is 0 Å². The predicted molar refractivity (Wildman–Crippen MR) is 103 cm³/mol. The number of nitrogens with one attached hydrogen (secondary N) is 1. The van der Waals surface area contributed by atoms with Crippen molar-refractivity contribution in [2.45, 2.75) is 13.8 Å². The molecule has 0 fully saturated rings. The maximum atomic E-state index is 12.7. The highest BCUT2D eigenvalue weighted by Crippen LogP contribution is 2.24. The van der Waals surface area contributed by atoms with Gasteiger partial charge in [0.05, 0.1) is 19.8 Å². The van der Waals surface area contributed by atoms with Gasteiger partial charge in [0.1, 0.15) is 11.5 Å². The Morgan fingerprint density at radius 1 is 0.923 bits per heavy atom. The molecule has 2 aromatic carbocycles. The number of aryl methyl sites for hydroxylation is 1. The van der Waals surface area contributed by atoms with Crippen molar-refractivity contribution in [3.63, 3.8) is 0 Å². The van der Waals surface area contributed by atoms with E-state index < -0.39 is 0 Å². The molecule has 1 aromatic heterocycles. The lowest BCUT2D eigenvalue weighted by atomic mass is 10.2. The molecule has 5 heteroatoms. The fraction of sp³-hybridized carbons (Fsp3) is 0.190. The Hall–Kier alpha value is -3.21. The number of amides is 1. The fourth-order valence-corrected chi connectivity index (χ4v) is 3.02. The number of rotatable bonds is 5. The minimum absolute atomic E-state index is 0.147. The minimum atomic E-state index is -0.147. The van der Waals surface area contributed by atoms with Crippen molar-refractivity contribution in [3.05, 3.63) is 71.5 Å². The first-order valence-electron chi connectivity index (χ1n) is 8.32. The van der Waals surface area contributed by atoms with E-state index in [4.69, 9.17) is 9.47 Å². The molecule has 0 bridgehead atoms. The van der Waals surface area contributed by atoms with E-state index >= 15 is 0 Å². The highest BCUT2D eigenvalue weighted by molar-refractivity contribution is 6.05. The Labute approximate surface area is 153 Å². The lowest BCUT2D eigenvalue weighted by Gasteiger charge is -2.11. The van der Waals surface area contributed by atoms with Crippen molar-refractivity contribution in [3.8, 4) is 17.2 Å². The molecular formula is C21H22N2O3. The summed E-state index contributed by atoms with van der Waals surface area (Å²) in [6, 6.07) is 17.0. The van der Waals surface area contributed by atoms with Crippen LogP contribution in [0.25, 0.3) is 5.69 Å². The maximum Gasteiger partial charge on any atom is 0.257 e. The van der Waals surface area contributed by atoms with Crippen LogP contribution in [0.1, 0.15) is 21.7 Å². The van der Waals surface area contributed by atoms with Gasteiger partial charge in [0, 0.05) is 28.8 Å². The van der Waals surface area contributed by atoms with Crippen LogP contribution >= 0.6 is 0 Å². The Kier molecular flexibility index (Phi) is 4.98. The molecule has 0 saturated heterocycles. The second kappa shape index (κ2) is 7.35. The Morgan fingerprint density at radius 2 is 1.62 bits per heavy atom. The van der Waals surface area contributed by atoms with E-state index in [2.05, 4.69) is 9.88 Å². The molecule has 1 N–H and O–H groups in total. The number of aromatic nitrogens is 1. The minimum Gasteiger partial charge on any atom is -0.497 e. The van der Waals surface area contributed by atoms with Gasteiger partial charge in [-0.2, -0.15) is 0 Å². The number of methoxy groups -OCH3 is 2. The molecule has 0 aliphatic rings. The van der Waals surface area contributed by atoms with E-state index in [0.29, 0.717) is 17.0 Å². The molecule has 3 rings (SSSR count). The predicted octanol–water partition coefficient (Wildman–Crippen LogP) is 4.36. The third kappa shape index (κ3) is 3.42. The Bertz CT molecular complexity index is 927. The van der Waals surface area contributed by atoms with Gasteiger partial charge < -0.3 is 19.4 Å². The van der Waals surface area contributed by atoms with Gasteiger partial charge in [0.25, 0.3) is 5.91 Å². The van der Waals surface area contributed by atoms with Gasteiger partial charge in [-0.1, -0.05) is 6.07 Å². The topological polar surface area (TPSA) is 52.5 Å². The number of nitrogens with zero attached hydrogens (tertiary/aromatic N) is 1. The maximum absolute atomic E-state index is 12.7. The molecular weight excluding hydrogens is 328 g/mol. The van der Waals surface area contributed by atoms with E-state index in [9.17, 15) is 4.79 Å². The molecule has 0 aliphatic heterocycles. The van der Waals surface area contributed by atoms with Crippen LogP contribution in [-0.2, 0) is 0 Å². The van der Waals surface area contributed by atoms with E-state index in [1.165, 1.54) is 0 Å². The van der Waals surface area contributed by atoms with Crippen LogP contribution in [0.5, 0.6) is 11.5 Å². The van der Waals surface area contributed by atoms with Crippen molar-refractivity contribution in [2.75, 3.05) is 19.5 Å². The van der Waals surface area contributed by atoms with Gasteiger partial charge in [-0.15, -0.1) is 0 Å². The van der Waals surface area contributed by atoms with Crippen LogP contribution in [0.4, 0.5) is 5.69 Å². The first-order chi connectivity index (χ1) is 12.5. The summed E-state index contributed by atoms with van der Waals surface area (Å²) in [6.07, 6.45) is 0. The number of ether oxygens (including phenoxy) is 2. The standard InChI is InChI=1S/C21H22N2O3/c1-14-12-20(21(24)22-16-6-5-7-19(13-16)26-4)15(2)23(14)17-8-10-18(25-3)11-9-17/h5-13H,1-4H3,(H,22,24). The summed E-state index contributed by atoms with van der Waals surface area (Å²) in [7, 11) is 3.24. The molecule has 5 nitrogen and oxygen atoms in total. The van der Waals surface area contributed by atoms with Gasteiger partial charge in [0.15, 0.2) is 0 Å². The van der Waals surface area contributed by atoms with Crippen LogP contribution in [0, 0.1) is 13.8 Å². The van der Waals surface area contributed by atoms with E-state index in [1.54, 1.807) is 20.3 Å². The summed E-state index contributed by atoms with van der Waals surface area (Å²) >= 11 is 0. The van der Waals surface area contributed by atoms with Gasteiger partial charge >= 0.3 is 0 Å². The van der Waals surface area contributed by atoms with E-state index in [1.807, 2.05) is 62.4 Å². The van der Waals surface area contributed by atoms with Crippen molar-refractivity contribution in [1.29, 1.82) is 0 Å². The smallest absolute Gasteiger partial charge is 0.257 e. The number of benzene rings is 2. The molecule has 0 atom stereocenters. The van der Waals surface area contributed by atoms with E-state index in [0.717, 1.165) is 22.8 Å². The monoisotopic (exact) mass is 350 g/mol. The second-order valence-electron chi connectivity index (χ2n) is 6.00.